The van der Waals surface area contributed by atoms with E-state index < -0.39 is 0 Å². The van der Waals surface area contributed by atoms with Crippen LogP contribution >= 0.6 is 11.9 Å². The normalized spacial score (nSPS) is 13.6. The SMILES string of the molecule is CCC.CNC(CN(C)SC(C)C)C(C)(C)C. The third-order valence-corrected chi connectivity index (χ3v) is 3.15. The summed E-state index contributed by atoms with van der Waals surface area (Å²) in [6.07, 6.45) is 1.25. The van der Waals surface area contributed by atoms with Crippen LogP contribution in [0.3, 0.4) is 0 Å². The summed E-state index contributed by atoms with van der Waals surface area (Å²) in [5, 5.41) is 4.06. The molecule has 17 heavy (non-hydrogen) atoms. The molecule has 0 aromatic carbocycles. The van der Waals surface area contributed by atoms with Gasteiger partial charge in [0.05, 0.1) is 0 Å². The van der Waals surface area contributed by atoms with E-state index in [2.05, 4.69) is 65.1 Å². The Morgan fingerprint density at radius 1 is 1.18 bits per heavy atom. The molecule has 0 bridgehead atoms. The van der Waals surface area contributed by atoms with E-state index in [-0.39, 0.29) is 0 Å². The Kier molecular flexibility index (Phi) is 11.8. The van der Waals surface area contributed by atoms with Crippen molar-refractivity contribution in [1.82, 2.24) is 9.62 Å². The van der Waals surface area contributed by atoms with Gasteiger partial charge in [-0.1, -0.05) is 66.8 Å². The second-order valence-electron chi connectivity index (χ2n) is 5.88. The Hall–Kier alpha value is 0.270. The molecule has 0 aromatic heterocycles. The van der Waals surface area contributed by atoms with Crippen LogP contribution in [0.25, 0.3) is 0 Å². The van der Waals surface area contributed by atoms with Gasteiger partial charge in [0, 0.05) is 17.8 Å². The monoisotopic (exact) mass is 262 g/mol. The van der Waals surface area contributed by atoms with Crippen LogP contribution in [0.2, 0.25) is 0 Å². The van der Waals surface area contributed by atoms with Crippen LogP contribution < -0.4 is 5.32 Å². The lowest BCUT2D eigenvalue weighted by Gasteiger charge is -2.33. The van der Waals surface area contributed by atoms with Gasteiger partial charge in [0.1, 0.15) is 0 Å². The molecule has 2 nitrogen and oxygen atoms in total. The van der Waals surface area contributed by atoms with Crippen molar-refractivity contribution in [2.75, 3.05) is 20.6 Å². The molecule has 0 aliphatic carbocycles. The van der Waals surface area contributed by atoms with Gasteiger partial charge >= 0.3 is 0 Å². The topological polar surface area (TPSA) is 15.3 Å². The number of rotatable bonds is 5. The van der Waals surface area contributed by atoms with E-state index in [4.69, 9.17) is 0 Å². The van der Waals surface area contributed by atoms with Crippen molar-refractivity contribution in [2.24, 2.45) is 5.41 Å². The lowest BCUT2D eigenvalue weighted by Crippen LogP contribution is -2.44. The molecular formula is C14H34N2S. The van der Waals surface area contributed by atoms with Gasteiger partial charge in [-0.2, -0.15) is 0 Å². The third kappa shape index (κ3) is 12.5. The molecule has 0 aromatic rings. The first kappa shape index (κ1) is 19.6. The molecule has 0 spiro atoms. The number of nitrogens with one attached hydrogen (secondary N) is 1. The average Bonchev–Trinajstić information content (AvgIpc) is 2.12. The second kappa shape index (κ2) is 10.2. The zero-order chi connectivity index (χ0) is 14.1. The Bertz CT molecular complexity index is 164. The van der Waals surface area contributed by atoms with Gasteiger partial charge in [0.2, 0.25) is 0 Å². The lowest BCUT2D eigenvalue weighted by atomic mass is 9.87. The van der Waals surface area contributed by atoms with Crippen molar-refractivity contribution in [3.8, 4) is 0 Å². The molecule has 0 radical (unpaired) electrons. The van der Waals surface area contributed by atoms with E-state index in [9.17, 15) is 0 Å². The summed E-state index contributed by atoms with van der Waals surface area (Å²) in [5.74, 6) is 0. The minimum absolute atomic E-state index is 0.320. The highest BCUT2D eigenvalue weighted by molar-refractivity contribution is 7.97. The Labute approximate surface area is 114 Å². The van der Waals surface area contributed by atoms with Crippen LogP contribution in [-0.2, 0) is 0 Å². The fourth-order valence-electron chi connectivity index (χ4n) is 1.46. The highest BCUT2D eigenvalue weighted by Crippen LogP contribution is 2.22. The molecule has 0 saturated heterocycles. The van der Waals surface area contributed by atoms with E-state index in [0.717, 1.165) is 6.54 Å². The number of nitrogens with zero attached hydrogens (tertiary/aromatic N) is 1. The van der Waals surface area contributed by atoms with Crippen molar-refractivity contribution in [1.29, 1.82) is 0 Å². The Morgan fingerprint density at radius 3 is 1.82 bits per heavy atom. The predicted octanol–water partition coefficient (Wildman–Crippen LogP) is 4.03. The summed E-state index contributed by atoms with van der Waals surface area (Å²) >= 11 is 1.91. The zero-order valence-corrected chi connectivity index (χ0v) is 14.2. The predicted molar refractivity (Wildman–Crippen MR) is 83.6 cm³/mol. The highest BCUT2D eigenvalue weighted by Gasteiger charge is 2.24. The van der Waals surface area contributed by atoms with Gasteiger partial charge in [-0.05, 0) is 19.5 Å². The quantitative estimate of drug-likeness (QED) is 0.753. The zero-order valence-electron chi connectivity index (χ0n) is 13.4. The van der Waals surface area contributed by atoms with Crippen LogP contribution in [0.15, 0.2) is 0 Å². The lowest BCUT2D eigenvalue weighted by molar-refractivity contribution is 0.252. The number of hydrogen-bond acceptors (Lipinski definition) is 3. The van der Waals surface area contributed by atoms with E-state index in [1.165, 1.54) is 6.42 Å². The smallest absolute Gasteiger partial charge is 0.0249 e. The van der Waals surface area contributed by atoms with E-state index in [0.29, 0.717) is 16.7 Å². The van der Waals surface area contributed by atoms with Gasteiger partial charge in [-0.25, -0.2) is 0 Å². The molecule has 0 aliphatic rings. The van der Waals surface area contributed by atoms with Crippen molar-refractivity contribution < 1.29 is 0 Å². The molecule has 1 N–H and O–H groups in total. The van der Waals surface area contributed by atoms with Crippen LogP contribution in [0.5, 0.6) is 0 Å². The molecule has 0 heterocycles. The summed E-state index contributed by atoms with van der Waals surface area (Å²) in [4.78, 5) is 0. The highest BCUT2D eigenvalue weighted by atomic mass is 32.2. The van der Waals surface area contributed by atoms with Crippen LogP contribution in [-0.4, -0.2) is 36.2 Å². The minimum atomic E-state index is 0.320. The summed E-state index contributed by atoms with van der Waals surface area (Å²) < 4.78 is 2.33. The van der Waals surface area contributed by atoms with Crippen LogP contribution in [0.4, 0.5) is 0 Å². The first-order valence-electron chi connectivity index (χ1n) is 6.74. The largest absolute Gasteiger partial charge is 0.315 e. The van der Waals surface area contributed by atoms with Gasteiger partial charge in [0.25, 0.3) is 0 Å². The minimum Gasteiger partial charge on any atom is -0.315 e. The molecule has 0 saturated carbocycles. The molecule has 0 amide bonds. The fourth-order valence-corrected chi connectivity index (χ4v) is 2.41. The maximum absolute atomic E-state index is 3.39. The number of hydrogen-bond donors (Lipinski definition) is 1. The van der Waals surface area contributed by atoms with E-state index in [1.54, 1.807) is 0 Å². The summed E-state index contributed by atoms with van der Waals surface area (Å²) in [6, 6.07) is 0.541. The van der Waals surface area contributed by atoms with E-state index >= 15 is 0 Å². The molecule has 1 unspecified atom stereocenters. The van der Waals surface area contributed by atoms with Crippen molar-refractivity contribution in [3.05, 3.63) is 0 Å². The first-order chi connectivity index (χ1) is 7.68. The van der Waals surface area contributed by atoms with E-state index in [1.807, 2.05) is 19.0 Å². The molecule has 3 heteroatoms. The summed E-state index contributed by atoms with van der Waals surface area (Å²) in [5.41, 5.74) is 0.320. The van der Waals surface area contributed by atoms with Crippen molar-refractivity contribution >= 4 is 11.9 Å². The molecule has 0 fully saturated rings. The molecule has 0 aliphatic heterocycles. The van der Waals surface area contributed by atoms with Crippen molar-refractivity contribution in [2.45, 2.75) is 66.2 Å². The first-order valence-corrected chi connectivity index (χ1v) is 7.57. The van der Waals surface area contributed by atoms with Gasteiger partial charge in [-0.15, -0.1) is 0 Å². The average molecular weight is 263 g/mol. The second-order valence-corrected chi connectivity index (χ2v) is 7.66. The van der Waals surface area contributed by atoms with Gasteiger partial charge in [-0.3, -0.25) is 4.31 Å². The molecule has 0 rings (SSSR count). The van der Waals surface area contributed by atoms with Crippen LogP contribution in [0.1, 0.15) is 54.9 Å². The Morgan fingerprint density at radius 2 is 1.59 bits per heavy atom. The summed E-state index contributed by atoms with van der Waals surface area (Å²) in [7, 11) is 4.21. The molecular weight excluding hydrogens is 228 g/mol. The van der Waals surface area contributed by atoms with Gasteiger partial charge < -0.3 is 5.32 Å². The molecule has 1 atom stereocenters. The van der Waals surface area contributed by atoms with Gasteiger partial charge in [0.15, 0.2) is 0 Å². The standard InChI is InChI=1S/C11H26N2S.C3H8/c1-9(2)14-13(7)8-10(12-6)11(3,4)5;1-3-2/h9-10,12H,8H2,1-7H3;3H2,1-2H3. The Balaban J connectivity index is 0. The number of likely N-dealkylation sites (N-methyl/N-ethyl adjacent to an activating group) is 2. The molecule has 106 valence electrons. The van der Waals surface area contributed by atoms with Crippen molar-refractivity contribution in [3.63, 3.8) is 0 Å². The summed E-state index contributed by atoms with van der Waals surface area (Å²) in [6.45, 7) is 16.6. The maximum atomic E-state index is 3.39. The fraction of sp³-hybridized carbons (Fsp3) is 1.00. The maximum Gasteiger partial charge on any atom is 0.0249 e. The third-order valence-electron chi connectivity index (χ3n) is 2.22. The van der Waals surface area contributed by atoms with Crippen LogP contribution in [0, 0.1) is 5.41 Å².